The van der Waals surface area contributed by atoms with Gasteiger partial charge < -0.3 is 9.80 Å². The molecule has 1 aromatic carbocycles. The molecule has 0 spiro atoms. The molecular formula is C23H31N5O4S2. The minimum Gasteiger partial charge on any atom is -0.344 e. The van der Waals surface area contributed by atoms with Crippen molar-refractivity contribution in [1.29, 1.82) is 0 Å². The normalized spacial score (nSPS) is 17.8. The van der Waals surface area contributed by atoms with E-state index in [9.17, 15) is 18.0 Å². The van der Waals surface area contributed by atoms with Crippen LogP contribution in [0.25, 0.3) is 0 Å². The average molecular weight is 506 g/mol. The highest BCUT2D eigenvalue weighted by Gasteiger charge is 2.28. The van der Waals surface area contributed by atoms with Crippen LogP contribution in [-0.2, 0) is 16.6 Å². The highest BCUT2D eigenvalue weighted by molar-refractivity contribution is 7.89. The molecule has 2 amide bonds. The van der Waals surface area contributed by atoms with Crippen LogP contribution in [0.3, 0.4) is 0 Å². The minimum atomic E-state index is -3.48. The standard InChI is InChI=1S/C23H31N5O4S2/c1-17-21(23(30)25(2)3)33-20(24-17)16-26-12-14-27(15-13-26)22(29)18-6-8-19(9-7-18)34(31,32)28-10-4-5-11-28/h6-9H,4-5,10-16H2,1-3H3. The maximum absolute atomic E-state index is 13.0. The lowest BCUT2D eigenvalue weighted by Gasteiger charge is -2.34. The van der Waals surface area contributed by atoms with Crippen molar-refractivity contribution in [3.8, 4) is 0 Å². The fourth-order valence-corrected chi connectivity index (χ4v) is 6.90. The summed E-state index contributed by atoms with van der Waals surface area (Å²) in [6.45, 7) is 6.21. The Hall–Kier alpha value is -2.34. The second-order valence-corrected chi connectivity index (χ2v) is 11.9. The number of aryl methyl sites for hydroxylation is 1. The summed E-state index contributed by atoms with van der Waals surface area (Å²) in [5.41, 5.74) is 1.25. The van der Waals surface area contributed by atoms with Gasteiger partial charge in [0.25, 0.3) is 11.8 Å². The molecule has 3 heterocycles. The molecule has 2 fully saturated rings. The molecule has 0 radical (unpaired) electrons. The van der Waals surface area contributed by atoms with Crippen LogP contribution in [0.5, 0.6) is 0 Å². The van der Waals surface area contributed by atoms with Crippen molar-refractivity contribution in [1.82, 2.24) is 24.0 Å². The Morgan fingerprint density at radius 1 is 1.00 bits per heavy atom. The molecule has 0 bridgehead atoms. The number of hydrogen-bond acceptors (Lipinski definition) is 7. The topological polar surface area (TPSA) is 94.1 Å². The monoisotopic (exact) mass is 505 g/mol. The van der Waals surface area contributed by atoms with E-state index in [2.05, 4.69) is 9.88 Å². The number of thiazole rings is 1. The third kappa shape index (κ3) is 5.17. The summed E-state index contributed by atoms with van der Waals surface area (Å²) in [6.07, 6.45) is 1.78. The van der Waals surface area contributed by atoms with Gasteiger partial charge in [0.15, 0.2) is 0 Å². The van der Waals surface area contributed by atoms with Gasteiger partial charge in [-0.15, -0.1) is 11.3 Å². The van der Waals surface area contributed by atoms with Crippen molar-refractivity contribution in [2.24, 2.45) is 0 Å². The van der Waals surface area contributed by atoms with Gasteiger partial charge in [-0.05, 0) is 44.0 Å². The van der Waals surface area contributed by atoms with E-state index in [4.69, 9.17) is 0 Å². The van der Waals surface area contributed by atoms with Gasteiger partial charge in [-0.25, -0.2) is 13.4 Å². The fraction of sp³-hybridized carbons (Fsp3) is 0.522. The molecule has 2 aromatic rings. The van der Waals surface area contributed by atoms with Crippen LogP contribution in [0.4, 0.5) is 0 Å². The molecular weight excluding hydrogens is 474 g/mol. The van der Waals surface area contributed by atoms with Crippen LogP contribution in [0, 0.1) is 6.92 Å². The second kappa shape index (κ2) is 10.1. The first kappa shape index (κ1) is 24.8. The smallest absolute Gasteiger partial charge is 0.265 e. The Bertz CT molecular complexity index is 1150. The second-order valence-electron chi connectivity index (χ2n) is 8.93. The van der Waals surface area contributed by atoms with Gasteiger partial charge in [-0.3, -0.25) is 14.5 Å². The summed E-state index contributed by atoms with van der Waals surface area (Å²) >= 11 is 1.43. The number of amides is 2. The Balaban J connectivity index is 1.33. The van der Waals surface area contributed by atoms with E-state index in [1.54, 1.807) is 36.0 Å². The zero-order valence-electron chi connectivity index (χ0n) is 19.9. The zero-order chi connectivity index (χ0) is 24.5. The molecule has 0 unspecified atom stereocenters. The number of piperazine rings is 1. The van der Waals surface area contributed by atoms with Gasteiger partial charge in [-0.2, -0.15) is 4.31 Å². The molecule has 2 aliphatic heterocycles. The number of hydrogen-bond donors (Lipinski definition) is 0. The molecule has 9 nitrogen and oxygen atoms in total. The third-order valence-corrected chi connectivity index (χ3v) is 9.31. The van der Waals surface area contributed by atoms with Crippen LogP contribution >= 0.6 is 11.3 Å². The van der Waals surface area contributed by atoms with E-state index in [0.717, 1.165) is 23.5 Å². The molecule has 0 saturated carbocycles. The van der Waals surface area contributed by atoms with E-state index in [1.807, 2.05) is 6.92 Å². The number of carbonyl (C=O) groups is 2. The van der Waals surface area contributed by atoms with Crippen molar-refractivity contribution in [3.05, 3.63) is 45.4 Å². The predicted octanol–water partition coefficient (Wildman–Crippen LogP) is 1.90. The Kier molecular flexibility index (Phi) is 7.36. The summed E-state index contributed by atoms with van der Waals surface area (Å²) in [5.74, 6) is -0.121. The summed E-state index contributed by atoms with van der Waals surface area (Å²) in [6, 6.07) is 6.29. The summed E-state index contributed by atoms with van der Waals surface area (Å²) in [7, 11) is -0.0145. The van der Waals surface area contributed by atoms with Crippen LogP contribution in [0.1, 0.15) is 43.6 Å². The first-order chi connectivity index (χ1) is 16.2. The van der Waals surface area contributed by atoms with Crippen LogP contribution in [0.15, 0.2) is 29.2 Å². The maximum atomic E-state index is 13.0. The molecule has 11 heteroatoms. The first-order valence-electron chi connectivity index (χ1n) is 11.5. The van der Waals surface area contributed by atoms with Gasteiger partial charge in [0.2, 0.25) is 10.0 Å². The van der Waals surface area contributed by atoms with Gasteiger partial charge in [0, 0.05) is 58.9 Å². The highest BCUT2D eigenvalue weighted by Crippen LogP contribution is 2.23. The largest absolute Gasteiger partial charge is 0.344 e. The Labute approximate surface area is 205 Å². The van der Waals surface area contributed by atoms with Crippen LogP contribution in [0.2, 0.25) is 0 Å². The van der Waals surface area contributed by atoms with Crippen molar-refractivity contribution in [2.45, 2.75) is 31.2 Å². The first-order valence-corrected chi connectivity index (χ1v) is 13.7. The van der Waals surface area contributed by atoms with E-state index in [0.29, 0.717) is 56.3 Å². The number of carbonyl (C=O) groups excluding carboxylic acids is 2. The number of rotatable bonds is 6. The highest BCUT2D eigenvalue weighted by atomic mass is 32.2. The summed E-state index contributed by atoms with van der Waals surface area (Å²) in [4.78, 5) is 36.3. The van der Waals surface area contributed by atoms with Gasteiger partial charge in [0.05, 0.1) is 17.1 Å². The van der Waals surface area contributed by atoms with Gasteiger partial charge in [-0.1, -0.05) is 0 Å². The molecule has 1 aromatic heterocycles. The number of nitrogens with zero attached hydrogens (tertiary/aromatic N) is 5. The van der Waals surface area contributed by atoms with E-state index in [1.165, 1.54) is 27.8 Å². The van der Waals surface area contributed by atoms with E-state index in [-0.39, 0.29) is 16.7 Å². The zero-order valence-corrected chi connectivity index (χ0v) is 21.5. The number of sulfonamides is 1. The molecule has 0 atom stereocenters. The average Bonchev–Trinajstić information content (AvgIpc) is 3.49. The fourth-order valence-electron chi connectivity index (χ4n) is 4.25. The van der Waals surface area contributed by atoms with Crippen molar-refractivity contribution < 1.29 is 18.0 Å². The summed E-state index contributed by atoms with van der Waals surface area (Å²) < 4.78 is 26.9. The van der Waals surface area contributed by atoms with Crippen molar-refractivity contribution in [2.75, 3.05) is 53.4 Å². The molecule has 34 heavy (non-hydrogen) atoms. The Morgan fingerprint density at radius 3 is 2.21 bits per heavy atom. The molecule has 2 aliphatic rings. The molecule has 2 saturated heterocycles. The lowest BCUT2D eigenvalue weighted by atomic mass is 10.2. The molecule has 0 aliphatic carbocycles. The molecule has 0 N–H and O–H groups in total. The number of benzene rings is 1. The molecule has 4 rings (SSSR count). The van der Waals surface area contributed by atoms with Gasteiger partial charge >= 0.3 is 0 Å². The van der Waals surface area contributed by atoms with E-state index >= 15 is 0 Å². The predicted molar refractivity (Wildman–Crippen MR) is 130 cm³/mol. The van der Waals surface area contributed by atoms with Crippen molar-refractivity contribution in [3.63, 3.8) is 0 Å². The summed E-state index contributed by atoms with van der Waals surface area (Å²) in [5, 5.41) is 0.900. The maximum Gasteiger partial charge on any atom is 0.265 e. The van der Waals surface area contributed by atoms with E-state index < -0.39 is 10.0 Å². The Morgan fingerprint density at radius 2 is 1.62 bits per heavy atom. The third-order valence-electron chi connectivity index (χ3n) is 6.26. The quantitative estimate of drug-likeness (QED) is 0.595. The van der Waals surface area contributed by atoms with Crippen molar-refractivity contribution >= 4 is 33.2 Å². The molecule has 184 valence electrons. The lowest BCUT2D eigenvalue weighted by molar-refractivity contribution is 0.0628. The van der Waals surface area contributed by atoms with Gasteiger partial charge in [0.1, 0.15) is 9.88 Å². The van der Waals surface area contributed by atoms with Crippen LogP contribution < -0.4 is 0 Å². The lowest BCUT2D eigenvalue weighted by Crippen LogP contribution is -2.48. The SMILES string of the molecule is Cc1nc(CN2CCN(C(=O)c3ccc(S(=O)(=O)N4CCCC4)cc3)CC2)sc1C(=O)N(C)C. The minimum absolute atomic E-state index is 0.0316. The number of aromatic nitrogens is 1. The van der Waals surface area contributed by atoms with Crippen LogP contribution in [-0.4, -0.2) is 97.6 Å².